The molecule has 3 rings (SSSR count). The minimum Gasteiger partial charge on any atom is -0.388 e. The zero-order chi connectivity index (χ0) is 15.4. The quantitative estimate of drug-likeness (QED) is 0.923. The van der Waals surface area contributed by atoms with E-state index in [1.165, 1.54) is 11.1 Å². The number of nitrogens with zero attached hydrogens (tertiary/aromatic N) is 1. The van der Waals surface area contributed by atoms with Crippen molar-refractivity contribution in [2.24, 2.45) is 5.92 Å². The molecule has 1 heterocycles. The number of benzene rings is 2. The number of aliphatic hydroxyl groups is 1. The lowest BCUT2D eigenvalue weighted by atomic mass is 9.87. The number of hydrogen-bond donors (Lipinski definition) is 1. The number of aryl methyl sites for hydroxylation is 1. The average molecular weight is 295 g/mol. The van der Waals surface area contributed by atoms with Gasteiger partial charge in [-0.15, -0.1) is 0 Å². The van der Waals surface area contributed by atoms with E-state index in [0.717, 1.165) is 38.0 Å². The summed E-state index contributed by atoms with van der Waals surface area (Å²) in [4.78, 5) is 2.50. The summed E-state index contributed by atoms with van der Waals surface area (Å²) in [7, 11) is 0. The van der Waals surface area contributed by atoms with Gasteiger partial charge in [-0.2, -0.15) is 0 Å². The van der Waals surface area contributed by atoms with Crippen LogP contribution in [0.15, 0.2) is 54.6 Å². The van der Waals surface area contributed by atoms with Crippen LogP contribution in [0.1, 0.15) is 35.6 Å². The Morgan fingerprint density at radius 3 is 2.27 bits per heavy atom. The molecule has 1 atom stereocenters. The molecular weight excluding hydrogens is 270 g/mol. The first-order valence-electron chi connectivity index (χ1n) is 8.23. The van der Waals surface area contributed by atoms with Crippen LogP contribution in [0.5, 0.6) is 0 Å². The zero-order valence-electron chi connectivity index (χ0n) is 13.3. The molecule has 1 aliphatic heterocycles. The van der Waals surface area contributed by atoms with Crippen LogP contribution in [0.25, 0.3) is 0 Å². The van der Waals surface area contributed by atoms with Gasteiger partial charge in [-0.25, -0.2) is 0 Å². The fraction of sp³-hybridized carbons (Fsp3) is 0.400. The third kappa shape index (κ3) is 3.76. The third-order valence-corrected chi connectivity index (χ3v) is 4.75. The van der Waals surface area contributed by atoms with Crippen LogP contribution in [-0.4, -0.2) is 23.1 Å². The van der Waals surface area contributed by atoms with E-state index in [2.05, 4.69) is 36.1 Å². The summed E-state index contributed by atoms with van der Waals surface area (Å²) in [6, 6.07) is 18.9. The summed E-state index contributed by atoms with van der Waals surface area (Å²) in [5.74, 6) is 0.386. The molecule has 116 valence electrons. The zero-order valence-corrected chi connectivity index (χ0v) is 13.3. The maximum absolute atomic E-state index is 10.5. The van der Waals surface area contributed by atoms with E-state index < -0.39 is 0 Å². The molecule has 1 saturated heterocycles. The molecule has 0 saturated carbocycles. The molecule has 0 radical (unpaired) electrons. The summed E-state index contributed by atoms with van der Waals surface area (Å²) in [6.45, 7) is 5.29. The summed E-state index contributed by atoms with van der Waals surface area (Å²) < 4.78 is 0. The fourth-order valence-corrected chi connectivity index (χ4v) is 3.30. The van der Waals surface area contributed by atoms with Crippen molar-refractivity contribution >= 4 is 0 Å². The average Bonchev–Trinajstić information content (AvgIpc) is 2.58. The van der Waals surface area contributed by atoms with Crippen molar-refractivity contribution in [3.8, 4) is 0 Å². The molecule has 1 aliphatic rings. The van der Waals surface area contributed by atoms with Gasteiger partial charge in [0.25, 0.3) is 0 Å². The summed E-state index contributed by atoms with van der Waals surface area (Å²) in [6.07, 6.45) is 1.83. The molecule has 0 aliphatic carbocycles. The largest absolute Gasteiger partial charge is 0.388 e. The Morgan fingerprint density at radius 2 is 1.64 bits per heavy atom. The van der Waals surface area contributed by atoms with Crippen LogP contribution in [0.2, 0.25) is 0 Å². The molecule has 2 heteroatoms. The molecule has 2 nitrogen and oxygen atoms in total. The first-order valence-corrected chi connectivity index (χ1v) is 8.23. The molecule has 1 N–H and O–H groups in total. The lowest BCUT2D eigenvalue weighted by Gasteiger charge is -2.34. The Balaban J connectivity index is 1.53. The van der Waals surface area contributed by atoms with E-state index >= 15 is 0 Å². The predicted octanol–water partition coefficient (Wildman–Crippen LogP) is 3.94. The number of hydrogen-bond acceptors (Lipinski definition) is 2. The van der Waals surface area contributed by atoms with Crippen LogP contribution in [-0.2, 0) is 6.54 Å². The molecule has 0 amide bonds. The van der Waals surface area contributed by atoms with Crippen LogP contribution in [0.3, 0.4) is 0 Å². The summed E-state index contributed by atoms with van der Waals surface area (Å²) >= 11 is 0. The van der Waals surface area contributed by atoms with Gasteiger partial charge in [0.15, 0.2) is 0 Å². The van der Waals surface area contributed by atoms with E-state index in [0.29, 0.717) is 5.92 Å². The Bertz CT molecular complexity index is 570. The first kappa shape index (κ1) is 15.3. The number of likely N-dealkylation sites (tertiary alicyclic amines) is 1. The molecule has 2 aromatic rings. The smallest absolute Gasteiger partial charge is 0.0819 e. The van der Waals surface area contributed by atoms with Gasteiger partial charge in [-0.3, -0.25) is 4.90 Å². The normalized spacial score (nSPS) is 18.3. The molecule has 1 fully saturated rings. The second-order valence-corrected chi connectivity index (χ2v) is 6.45. The lowest BCUT2D eigenvalue weighted by Crippen LogP contribution is -2.35. The Kier molecular flexibility index (Phi) is 4.91. The number of rotatable bonds is 4. The first-order chi connectivity index (χ1) is 10.7. The lowest BCUT2D eigenvalue weighted by molar-refractivity contribution is 0.0568. The highest BCUT2D eigenvalue weighted by Gasteiger charge is 2.26. The molecule has 1 unspecified atom stereocenters. The fourth-order valence-electron chi connectivity index (χ4n) is 3.30. The Hall–Kier alpha value is -1.64. The van der Waals surface area contributed by atoms with E-state index in [-0.39, 0.29) is 6.10 Å². The Morgan fingerprint density at radius 1 is 1.00 bits per heavy atom. The molecule has 0 bridgehead atoms. The van der Waals surface area contributed by atoms with Crippen LogP contribution in [0.4, 0.5) is 0 Å². The van der Waals surface area contributed by atoms with E-state index in [4.69, 9.17) is 0 Å². The van der Waals surface area contributed by atoms with Gasteiger partial charge in [0.2, 0.25) is 0 Å². The summed E-state index contributed by atoms with van der Waals surface area (Å²) in [5.41, 5.74) is 3.75. The van der Waals surface area contributed by atoms with Gasteiger partial charge in [0.1, 0.15) is 0 Å². The molecule has 22 heavy (non-hydrogen) atoms. The highest BCUT2D eigenvalue weighted by atomic mass is 16.3. The second-order valence-electron chi connectivity index (χ2n) is 6.45. The number of aliphatic hydroxyl groups excluding tert-OH is 1. The van der Waals surface area contributed by atoms with Crippen molar-refractivity contribution in [1.82, 2.24) is 4.90 Å². The highest BCUT2D eigenvalue weighted by Crippen LogP contribution is 2.31. The van der Waals surface area contributed by atoms with Crippen LogP contribution < -0.4 is 0 Å². The van der Waals surface area contributed by atoms with Gasteiger partial charge in [0.05, 0.1) is 6.10 Å². The second kappa shape index (κ2) is 7.08. The minimum absolute atomic E-state index is 0.317. The Labute approximate surface area is 133 Å². The monoisotopic (exact) mass is 295 g/mol. The van der Waals surface area contributed by atoms with Gasteiger partial charge in [0, 0.05) is 6.54 Å². The third-order valence-electron chi connectivity index (χ3n) is 4.75. The highest BCUT2D eigenvalue weighted by molar-refractivity contribution is 5.21. The van der Waals surface area contributed by atoms with Gasteiger partial charge in [-0.05, 0) is 49.9 Å². The maximum Gasteiger partial charge on any atom is 0.0819 e. The van der Waals surface area contributed by atoms with E-state index in [9.17, 15) is 5.11 Å². The standard InChI is InChI=1S/C20H25NO/c1-16-7-9-17(10-8-16)15-21-13-11-19(12-14-21)20(22)18-5-3-2-4-6-18/h2-10,19-20,22H,11-15H2,1H3. The van der Waals surface area contributed by atoms with Crippen molar-refractivity contribution < 1.29 is 5.11 Å². The van der Waals surface area contributed by atoms with Crippen molar-refractivity contribution in [1.29, 1.82) is 0 Å². The van der Waals surface area contributed by atoms with E-state index in [1.807, 2.05) is 30.3 Å². The SMILES string of the molecule is Cc1ccc(CN2CCC(C(O)c3ccccc3)CC2)cc1. The van der Waals surface area contributed by atoms with Crippen LogP contribution in [0, 0.1) is 12.8 Å². The maximum atomic E-state index is 10.5. The van der Waals surface area contributed by atoms with Gasteiger partial charge < -0.3 is 5.11 Å². The van der Waals surface area contributed by atoms with E-state index in [1.54, 1.807) is 0 Å². The van der Waals surface area contributed by atoms with Crippen molar-refractivity contribution in [3.63, 3.8) is 0 Å². The van der Waals surface area contributed by atoms with Gasteiger partial charge in [-0.1, -0.05) is 60.2 Å². The predicted molar refractivity (Wildman–Crippen MR) is 90.6 cm³/mol. The minimum atomic E-state index is -0.317. The molecule has 0 spiro atoms. The summed E-state index contributed by atoms with van der Waals surface area (Å²) in [5, 5.41) is 10.5. The van der Waals surface area contributed by atoms with Gasteiger partial charge >= 0.3 is 0 Å². The van der Waals surface area contributed by atoms with Crippen molar-refractivity contribution in [2.75, 3.05) is 13.1 Å². The van der Waals surface area contributed by atoms with Crippen molar-refractivity contribution in [2.45, 2.75) is 32.4 Å². The number of piperidine rings is 1. The molecule has 0 aromatic heterocycles. The molecular formula is C20H25NO. The molecule has 2 aromatic carbocycles. The van der Waals surface area contributed by atoms with Crippen molar-refractivity contribution in [3.05, 3.63) is 71.3 Å². The van der Waals surface area contributed by atoms with Crippen LogP contribution >= 0.6 is 0 Å². The topological polar surface area (TPSA) is 23.5 Å².